The van der Waals surface area contributed by atoms with Crippen LogP contribution >= 0.6 is 46.4 Å². The Kier molecular flexibility index (Phi) is 7.64. The summed E-state index contributed by atoms with van der Waals surface area (Å²) in [5, 5.41) is 2.96. The molecular weight excluding hydrogens is 534 g/mol. The van der Waals surface area contributed by atoms with E-state index in [1.54, 1.807) is 36.2 Å². The van der Waals surface area contributed by atoms with Crippen LogP contribution in [0.2, 0.25) is 15.1 Å². The lowest BCUT2D eigenvalue weighted by Crippen LogP contribution is -2.44. The number of hydrogen-bond acceptors (Lipinski definition) is 5. The number of likely N-dealkylation sites (tertiary alicyclic amines) is 1. The van der Waals surface area contributed by atoms with Crippen molar-refractivity contribution in [3.63, 3.8) is 0 Å². The quantitative estimate of drug-likeness (QED) is 0.403. The fourth-order valence-corrected chi connectivity index (χ4v) is 4.98. The van der Waals surface area contributed by atoms with Crippen molar-refractivity contribution in [1.29, 1.82) is 0 Å². The van der Waals surface area contributed by atoms with Crippen LogP contribution in [-0.4, -0.2) is 60.7 Å². The standard InChI is InChI=1S/C24H22Cl4N4O3/c1-30-8-6-15(7-9-30)31(2)22(33)13-4-3-5-14(10-13)29-21-20(28)23(34)32(24(21)35)19-12-17(26)16(25)11-18(19)27/h3-5,10-12,15,29H,6-9H2,1-2H3. The van der Waals surface area contributed by atoms with Gasteiger partial charge in [0.1, 0.15) is 10.7 Å². The summed E-state index contributed by atoms with van der Waals surface area (Å²) in [7, 11) is 3.87. The van der Waals surface area contributed by atoms with Gasteiger partial charge in [0, 0.05) is 24.3 Å². The van der Waals surface area contributed by atoms with Crippen LogP contribution in [0, 0.1) is 0 Å². The minimum Gasteiger partial charge on any atom is -0.350 e. The number of carbonyl (C=O) groups is 3. The maximum Gasteiger partial charge on any atom is 0.283 e. The summed E-state index contributed by atoms with van der Waals surface area (Å²) in [4.78, 5) is 43.9. The molecule has 4 rings (SSSR count). The SMILES string of the molecule is CN1CCC(N(C)C(=O)c2cccc(NC3=C(Cl)C(=O)N(c4cc(Cl)c(Cl)cc4Cl)C3=O)c2)CC1. The average Bonchev–Trinajstić information content (AvgIpc) is 3.04. The van der Waals surface area contributed by atoms with Gasteiger partial charge in [0.25, 0.3) is 17.7 Å². The minimum absolute atomic E-state index is 0.0645. The van der Waals surface area contributed by atoms with Crippen LogP contribution in [0.5, 0.6) is 0 Å². The number of imide groups is 1. The van der Waals surface area contributed by atoms with Gasteiger partial charge in [-0.3, -0.25) is 14.4 Å². The van der Waals surface area contributed by atoms with Crippen molar-refractivity contribution < 1.29 is 14.4 Å². The van der Waals surface area contributed by atoms with Gasteiger partial charge in [-0.1, -0.05) is 52.5 Å². The van der Waals surface area contributed by atoms with E-state index in [0.29, 0.717) is 11.3 Å². The molecule has 0 unspecified atom stereocenters. The topological polar surface area (TPSA) is 73.0 Å². The Labute approximate surface area is 223 Å². The fourth-order valence-electron chi connectivity index (χ4n) is 4.14. The van der Waals surface area contributed by atoms with E-state index in [4.69, 9.17) is 46.4 Å². The summed E-state index contributed by atoms with van der Waals surface area (Å²) in [6.45, 7) is 1.87. The van der Waals surface area contributed by atoms with E-state index < -0.39 is 11.8 Å². The second-order valence-electron chi connectivity index (χ2n) is 8.51. The summed E-state index contributed by atoms with van der Waals surface area (Å²) in [5.41, 5.74) is 0.820. The summed E-state index contributed by atoms with van der Waals surface area (Å²) < 4.78 is 0. The number of piperidine rings is 1. The molecule has 2 aromatic carbocycles. The first-order valence-corrected chi connectivity index (χ1v) is 12.4. The zero-order valence-electron chi connectivity index (χ0n) is 18.9. The number of nitrogens with zero attached hydrogens (tertiary/aromatic N) is 3. The molecular formula is C24H22Cl4N4O3. The number of nitrogens with one attached hydrogen (secondary N) is 1. The summed E-state index contributed by atoms with van der Waals surface area (Å²) in [6.07, 6.45) is 1.81. The molecule has 2 aromatic rings. The summed E-state index contributed by atoms with van der Waals surface area (Å²) in [6, 6.07) is 9.53. The highest BCUT2D eigenvalue weighted by Crippen LogP contribution is 2.38. The molecule has 11 heteroatoms. The van der Waals surface area contributed by atoms with Crippen molar-refractivity contribution in [3.8, 4) is 0 Å². The highest BCUT2D eigenvalue weighted by molar-refractivity contribution is 6.54. The van der Waals surface area contributed by atoms with Crippen LogP contribution in [0.15, 0.2) is 47.1 Å². The van der Waals surface area contributed by atoms with Crippen molar-refractivity contribution in [2.24, 2.45) is 0 Å². The molecule has 1 saturated heterocycles. The lowest BCUT2D eigenvalue weighted by molar-refractivity contribution is -0.120. The van der Waals surface area contributed by atoms with Crippen molar-refractivity contribution >= 4 is 75.5 Å². The third kappa shape index (κ3) is 5.15. The fraction of sp³-hybridized carbons (Fsp3) is 0.292. The lowest BCUT2D eigenvalue weighted by Gasteiger charge is -2.35. The van der Waals surface area contributed by atoms with Gasteiger partial charge in [0.2, 0.25) is 0 Å². The Bertz CT molecular complexity index is 1240. The van der Waals surface area contributed by atoms with Crippen molar-refractivity contribution in [2.45, 2.75) is 18.9 Å². The van der Waals surface area contributed by atoms with E-state index in [1.807, 2.05) is 0 Å². The number of amides is 3. The zero-order chi connectivity index (χ0) is 25.4. The van der Waals surface area contributed by atoms with Crippen molar-refractivity contribution in [1.82, 2.24) is 9.80 Å². The van der Waals surface area contributed by atoms with Gasteiger partial charge in [-0.15, -0.1) is 0 Å². The first-order chi connectivity index (χ1) is 16.6. The van der Waals surface area contributed by atoms with Gasteiger partial charge in [0.15, 0.2) is 0 Å². The number of benzene rings is 2. The predicted octanol–water partition coefficient (Wildman–Crippen LogP) is 5.25. The third-order valence-corrected chi connectivity index (χ3v) is 7.57. The third-order valence-electron chi connectivity index (χ3n) is 6.19. The highest BCUT2D eigenvalue weighted by atomic mass is 35.5. The molecule has 3 amide bonds. The molecule has 2 heterocycles. The summed E-state index contributed by atoms with van der Waals surface area (Å²) in [5.74, 6) is -1.59. The van der Waals surface area contributed by atoms with E-state index in [0.717, 1.165) is 30.8 Å². The van der Waals surface area contributed by atoms with E-state index in [9.17, 15) is 14.4 Å². The molecule has 2 aliphatic heterocycles. The molecule has 2 aliphatic rings. The minimum atomic E-state index is -0.756. The summed E-state index contributed by atoms with van der Waals surface area (Å²) >= 11 is 24.5. The largest absolute Gasteiger partial charge is 0.350 e. The molecule has 7 nitrogen and oxygen atoms in total. The average molecular weight is 556 g/mol. The van der Waals surface area contributed by atoms with Gasteiger partial charge >= 0.3 is 0 Å². The van der Waals surface area contributed by atoms with Gasteiger partial charge in [-0.2, -0.15) is 0 Å². The van der Waals surface area contributed by atoms with Gasteiger partial charge in [0.05, 0.1) is 20.8 Å². The van der Waals surface area contributed by atoms with Gasteiger partial charge < -0.3 is 15.1 Å². The molecule has 0 aliphatic carbocycles. The van der Waals surface area contributed by atoms with E-state index in [1.165, 1.54) is 12.1 Å². The van der Waals surface area contributed by atoms with Crippen LogP contribution < -0.4 is 10.2 Å². The first-order valence-electron chi connectivity index (χ1n) is 10.8. The molecule has 0 bridgehead atoms. The molecule has 0 spiro atoms. The number of anilines is 2. The van der Waals surface area contributed by atoms with E-state index in [-0.39, 0.29) is 43.4 Å². The lowest BCUT2D eigenvalue weighted by atomic mass is 10.0. The Morgan fingerprint density at radius 2 is 1.63 bits per heavy atom. The smallest absolute Gasteiger partial charge is 0.283 e. The number of carbonyl (C=O) groups excluding carboxylic acids is 3. The van der Waals surface area contributed by atoms with Crippen molar-refractivity contribution in [2.75, 3.05) is 37.4 Å². The maximum absolute atomic E-state index is 13.1. The Balaban J connectivity index is 1.54. The molecule has 0 radical (unpaired) electrons. The van der Waals surface area contributed by atoms with Crippen LogP contribution in [0.25, 0.3) is 0 Å². The number of halogens is 4. The molecule has 184 valence electrons. The monoisotopic (exact) mass is 554 g/mol. The normalized spacial score (nSPS) is 17.4. The van der Waals surface area contributed by atoms with E-state index >= 15 is 0 Å². The molecule has 35 heavy (non-hydrogen) atoms. The van der Waals surface area contributed by atoms with Crippen molar-refractivity contribution in [3.05, 3.63) is 67.8 Å². The van der Waals surface area contributed by atoms with Crippen LogP contribution in [-0.2, 0) is 9.59 Å². The highest BCUT2D eigenvalue weighted by Gasteiger charge is 2.40. The number of rotatable bonds is 5. The van der Waals surface area contributed by atoms with E-state index in [2.05, 4.69) is 17.3 Å². The predicted molar refractivity (Wildman–Crippen MR) is 140 cm³/mol. The second kappa shape index (κ2) is 10.4. The Hall–Kier alpha value is -2.29. The maximum atomic E-state index is 13.1. The molecule has 1 N–H and O–H groups in total. The Morgan fingerprint density at radius 3 is 2.31 bits per heavy atom. The second-order valence-corrected chi connectivity index (χ2v) is 10.1. The van der Waals surface area contributed by atoms with Crippen LogP contribution in [0.1, 0.15) is 23.2 Å². The van der Waals surface area contributed by atoms with Crippen LogP contribution in [0.3, 0.4) is 0 Å². The van der Waals surface area contributed by atoms with Gasteiger partial charge in [-0.25, -0.2) is 4.90 Å². The first kappa shape index (κ1) is 25.8. The molecule has 0 saturated carbocycles. The van der Waals surface area contributed by atoms with Gasteiger partial charge in [-0.05, 0) is 63.3 Å². The Morgan fingerprint density at radius 1 is 0.971 bits per heavy atom. The zero-order valence-corrected chi connectivity index (χ0v) is 22.0. The van der Waals surface area contributed by atoms with Crippen LogP contribution in [0.4, 0.5) is 11.4 Å². The molecule has 0 aromatic heterocycles. The molecule has 1 fully saturated rings. The molecule has 0 atom stereocenters. The number of hydrogen-bond donors (Lipinski definition) is 1.